The smallest absolute Gasteiger partial charge is 0.291 e. The first-order chi connectivity index (χ1) is 12.5. The van der Waals surface area contributed by atoms with Crippen molar-refractivity contribution in [3.05, 3.63) is 64.4 Å². The van der Waals surface area contributed by atoms with Gasteiger partial charge in [-0.3, -0.25) is 9.59 Å². The molecule has 0 saturated carbocycles. The van der Waals surface area contributed by atoms with Crippen molar-refractivity contribution in [3.8, 4) is 0 Å². The van der Waals surface area contributed by atoms with E-state index in [0.29, 0.717) is 39.8 Å². The standard InChI is InChI=1S/C18H16ClN3O4/c1-3-12-16(10(2)26-22-12)18(24)20-13-7-6-11(19)9-14(13)21-17(23)15-5-4-8-25-15/h4-9H,3H2,1-2H3,(H,20,24)(H,21,23). The zero-order valence-corrected chi connectivity index (χ0v) is 14.9. The molecular formula is C18H16ClN3O4. The number of carbonyl (C=O) groups is 2. The molecule has 0 spiro atoms. The van der Waals surface area contributed by atoms with Crippen LogP contribution in [0.1, 0.15) is 39.3 Å². The van der Waals surface area contributed by atoms with Gasteiger partial charge in [0.2, 0.25) is 0 Å². The second kappa shape index (κ2) is 7.45. The van der Waals surface area contributed by atoms with Crippen LogP contribution in [0.3, 0.4) is 0 Å². The number of hydrogen-bond donors (Lipinski definition) is 2. The highest BCUT2D eigenvalue weighted by molar-refractivity contribution is 6.31. The van der Waals surface area contributed by atoms with Gasteiger partial charge in [0, 0.05) is 5.02 Å². The van der Waals surface area contributed by atoms with Gasteiger partial charge in [-0.15, -0.1) is 0 Å². The SMILES string of the molecule is CCc1noc(C)c1C(=O)Nc1ccc(Cl)cc1NC(=O)c1ccco1. The minimum atomic E-state index is -0.455. The van der Waals surface area contributed by atoms with Crippen LogP contribution in [0.15, 0.2) is 45.5 Å². The van der Waals surface area contributed by atoms with E-state index in [1.807, 2.05) is 6.92 Å². The molecule has 0 fully saturated rings. The fourth-order valence-corrected chi connectivity index (χ4v) is 2.63. The summed E-state index contributed by atoms with van der Waals surface area (Å²) >= 11 is 6.02. The molecule has 2 amide bonds. The van der Waals surface area contributed by atoms with Crippen LogP contribution in [0, 0.1) is 6.92 Å². The molecule has 0 atom stereocenters. The zero-order chi connectivity index (χ0) is 18.7. The number of rotatable bonds is 5. The lowest BCUT2D eigenvalue weighted by molar-refractivity contribution is 0.0993. The van der Waals surface area contributed by atoms with Crippen molar-refractivity contribution in [2.45, 2.75) is 20.3 Å². The average molecular weight is 374 g/mol. The molecule has 2 aromatic heterocycles. The van der Waals surface area contributed by atoms with Crippen LogP contribution in [0.4, 0.5) is 11.4 Å². The Morgan fingerprint density at radius 1 is 1.15 bits per heavy atom. The molecule has 0 saturated heterocycles. The van der Waals surface area contributed by atoms with Crippen molar-refractivity contribution in [2.24, 2.45) is 0 Å². The van der Waals surface area contributed by atoms with Crippen molar-refractivity contribution in [1.82, 2.24) is 5.16 Å². The number of nitrogens with one attached hydrogen (secondary N) is 2. The molecule has 2 heterocycles. The number of anilines is 2. The quantitative estimate of drug-likeness (QED) is 0.695. The summed E-state index contributed by atoms with van der Waals surface area (Å²) in [5.41, 5.74) is 1.68. The normalized spacial score (nSPS) is 10.6. The van der Waals surface area contributed by atoms with Crippen LogP contribution in [0.2, 0.25) is 5.02 Å². The van der Waals surface area contributed by atoms with Gasteiger partial charge in [0.15, 0.2) is 5.76 Å². The van der Waals surface area contributed by atoms with Gasteiger partial charge in [-0.05, 0) is 43.7 Å². The van der Waals surface area contributed by atoms with E-state index in [4.69, 9.17) is 20.5 Å². The van der Waals surface area contributed by atoms with Gasteiger partial charge in [-0.1, -0.05) is 23.7 Å². The van der Waals surface area contributed by atoms with E-state index in [9.17, 15) is 9.59 Å². The average Bonchev–Trinajstić information content (AvgIpc) is 3.26. The van der Waals surface area contributed by atoms with Crippen LogP contribution in [0.5, 0.6) is 0 Å². The van der Waals surface area contributed by atoms with E-state index in [1.165, 1.54) is 12.3 Å². The van der Waals surface area contributed by atoms with Gasteiger partial charge >= 0.3 is 0 Å². The summed E-state index contributed by atoms with van der Waals surface area (Å²) in [4.78, 5) is 24.9. The molecule has 2 N–H and O–H groups in total. The van der Waals surface area contributed by atoms with Crippen LogP contribution < -0.4 is 10.6 Å². The van der Waals surface area contributed by atoms with Gasteiger partial charge in [-0.25, -0.2) is 0 Å². The summed E-state index contributed by atoms with van der Waals surface area (Å²) in [5.74, 6) is -0.264. The van der Waals surface area contributed by atoms with Crippen molar-refractivity contribution < 1.29 is 18.5 Å². The molecule has 0 aliphatic carbocycles. The molecule has 0 unspecified atom stereocenters. The highest BCUT2D eigenvalue weighted by atomic mass is 35.5. The Balaban J connectivity index is 1.87. The lowest BCUT2D eigenvalue weighted by Gasteiger charge is -2.12. The monoisotopic (exact) mass is 373 g/mol. The van der Waals surface area contributed by atoms with Gasteiger partial charge in [0.05, 0.1) is 23.3 Å². The second-order valence-electron chi connectivity index (χ2n) is 5.49. The molecule has 26 heavy (non-hydrogen) atoms. The number of carbonyl (C=O) groups excluding carboxylic acids is 2. The Bertz CT molecular complexity index is 948. The van der Waals surface area contributed by atoms with Crippen molar-refractivity contribution in [1.29, 1.82) is 0 Å². The van der Waals surface area contributed by atoms with Crippen LogP contribution in [-0.4, -0.2) is 17.0 Å². The number of benzene rings is 1. The number of halogens is 1. The number of aromatic nitrogens is 1. The van der Waals surface area contributed by atoms with E-state index >= 15 is 0 Å². The van der Waals surface area contributed by atoms with E-state index < -0.39 is 5.91 Å². The fourth-order valence-electron chi connectivity index (χ4n) is 2.46. The van der Waals surface area contributed by atoms with E-state index in [-0.39, 0.29) is 11.7 Å². The summed E-state index contributed by atoms with van der Waals surface area (Å²) < 4.78 is 10.2. The van der Waals surface area contributed by atoms with Crippen LogP contribution in [0.25, 0.3) is 0 Å². The Morgan fingerprint density at radius 2 is 1.92 bits per heavy atom. The first kappa shape index (κ1) is 17.8. The predicted octanol–water partition coefficient (Wildman–Crippen LogP) is 4.30. The lowest BCUT2D eigenvalue weighted by atomic mass is 10.1. The van der Waals surface area contributed by atoms with Gasteiger partial charge in [0.1, 0.15) is 11.3 Å². The fraction of sp³-hybridized carbons (Fsp3) is 0.167. The molecular weight excluding hydrogens is 358 g/mol. The van der Waals surface area contributed by atoms with Crippen LogP contribution >= 0.6 is 11.6 Å². The Hall–Kier alpha value is -3.06. The lowest BCUT2D eigenvalue weighted by Crippen LogP contribution is -2.17. The third-order valence-corrected chi connectivity index (χ3v) is 3.95. The first-order valence-corrected chi connectivity index (χ1v) is 8.28. The molecule has 134 valence electrons. The highest BCUT2D eigenvalue weighted by Crippen LogP contribution is 2.27. The Morgan fingerprint density at radius 3 is 2.62 bits per heavy atom. The maximum absolute atomic E-state index is 12.7. The van der Waals surface area contributed by atoms with Crippen molar-refractivity contribution in [2.75, 3.05) is 10.6 Å². The maximum atomic E-state index is 12.7. The van der Waals surface area contributed by atoms with Crippen molar-refractivity contribution in [3.63, 3.8) is 0 Å². The summed E-state index contributed by atoms with van der Waals surface area (Å²) in [7, 11) is 0. The Labute approximate surface area is 154 Å². The molecule has 7 nitrogen and oxygen atoms in total. The molecule has 8 heteroatoms. The second-order valence-corrected chi connectivity index (χ2v) is 5.93. The molecule has 0 radical (unpaired) electrons. The van der Waals surface area contributed by atoms with E-state index in [1.54, 1.807) is 31.2 Å². The molecule has 0 aliphatic rings. The number of nitrogens with zero attached hydrogens (tertiary/aromatic N) is 1. The highest BCUT2D eigenvalue weighted by Gasteiger charge is 2.21. The van der Waals surface area contributed by atoms with E-state index in [2.05, 4.69) is 15.8 Å². The number of hydrogen-bond acceptors (Lipinski definition) is 5. The van der Waals surface area contributed by atoms with Crippen LogP contribution in [-0.2, 0) is 6.42 Å². The number of furan rings is 1. The Kier molecular flexibility index (Phi) is 5.09. The zero-order valence-electron chi connectivity index (χ0n) is 14.1. The first-order valence-electron chi connectivity index (χ1n) is 7.90. The topological polar surface area (TPSA) is 97.4 Å². The summed E-state index contributed by atoms with van der Waals surface area (Å²) in [6, 6.07) is 7.90. The molecule has 0 aliphatic heterocycles. The number of aryl methyl sites for hydroxylation is 2. The minimum absolute atomic E-state index is 0.144. The summed E-state index contributed by atoms with van der Waals surface area (Å²) in [5, 5.41) is 9.73. The van der Waals surface area contributed by atoms with Gasteiger partial charge < -0.3 is 19.6 Å². The third kappa shape index (κ3) is 3.62. The predicted molar refractivity (Wildman–Crippen MR) is 96.7 cm³/mol. The number of amides is 2. The van der Waals surface area contributed by atoms with Gasteiger partial charge in [-0.2, -0.15) is 0 Å². The molecule has 1 aromatic carbocycles. The largest absolute Gasteiger partial charge is 0.459 e. The van der Waals surface area contributed by atoms with E-state index in [0.717, 1.165) is 0 Å². The molecule has 3 aromatic rings. The van der Waals surface area contributed by atoms with Gasteiger partial charge in [0.25, 0.3) is 11.8 Å². The maximum Gasteiger partial charge on any atom is 0.291 e. The third-order valence-electron chi connectivity index (χ3n) is 3.72. The summed E-state index contributed by atoms with van der Waals surface area (Å²) in [6.07, 6.45) is 1.96. The summed E-state index contributed by atoms with van der Waals surface area (Å²) in [6.45, 7) is 3.55. The molecule has 3 rings (SSSR count). The van der Waals surface area contributed by atoms with Crippen molar-refractivity contribution >= 4 is 34.8 Å². The minimum Gasteiger partial charge on any atom is -0.459 e. The molecule has 0 bridgehead atoms.